The summed E-state index contributed by atoms with van der Waals surface area (Å²) in [6.07, 6.45) is 4.81. The fraction of sp³-hybridized carbons (Fsp3) is 0.500. The van der Waals surface area contributed by atoms with Gasteiger partial charge in [0.25, 0.3) is 0 Å². The molecule has 21 heavy (non-hydrogen) atoms. The van der Waals surface area contributed by atoms with E-state index in [1.807, 2.05) is 18.2 Å². The lowest BCUT2D eigenvalue weighted by Crippen LogP contribution is -2.23. The highest BCUT2D eigenvalue weighted by Crippen LogP contribution is 2.28. The summed E-state index contributed by atoms with van der Waals surface area (Å²) in [7, 11) is 0. The standard InChI is InChI=1S/C16H21N3O2/c17-12-5-4-11(8-12)16(21)18-13-6-7-14-10(9-13)2-1-3-15(20)19-14/h6-7,9,11-12H,1-5,8,17H2,(H,18,21)(H,19,20). The normalized spacial score (nSPS) is 24.9. The second-order valence-electron chi connectivity index (χ2n) is 6.03. The molecule has 0 bridgehead atoms. The van der Waals surface area contributed by atoms with Crippen LogP contribution in [0.1, 0.15) is 37.7 Å². The maximum atomic E-state index is 12.2. The molecule has 2 unspecified atom stereocenters. The molecule has 0 aromatic heterocycles. The number of amides is 2. The zero-order valence-electron chi connectivity index (χ0n) is 12.0. The summed E-state index contributed by atoms with van der Waals surface area (Å²) >= 11 is 0. The molecule has 3 rings (SSSR count). The second-order valence-corrected chi connectivity index (χ2v) is 6.03. The Balaban J connectivity index is 1.70. The van der Waals surface area contributed by atoms with Gasteiger partial charge in [0.1, 0.15) is 0 Å². The van der Waals surface area contributed by atoms with Crippen LogP contribution < -0.4 is 16.4 Å². The molecule has 112 valence electrons. The van der Waals surface area contributed by atoms with Gasteiger partial charge in [0.05, 0.1) is 0 Å². The van der Waals surface area contributed by atoms with E-state index < -0.39 is 0 Å². The highest BCUT2D eigenvalue weighted by atomic mass is 16.2. The molecular weight excluding hydrogens is 266 g/mol. The lowest BCUT2D eigenvalue weighted by Gasteiger charge is -2.13. The quantitative estimate of drug-likeness (QED) is 0.778. The summed E-state index contributed by atoms with van der Waals surface area (Å²) in [5.74, 6) is 0.143. The van der Waals surface area contributed by atoms with Gasteiger partial charge in [-0.1, -0.05) is 0 Å². The summed E-state index contributed by atoms with van der Waals surface area (Å²) in [6, 6.07) is 5.84. The lowest BCUT2D eigenvalue weighted by atomic mass is 10.1. The molecule has 0 spiro atoms. The van der Waals surface area contributed by atoms with Crippen LogP contribution in [-0.4, -0.2) is 17.9 Å². The molecule has 5 nitrogen and oxygen atoms in total. The number of aryl methyl sites for hydroxylation is 1. The zero-order valence-corrected chi connectivity index (χ0v) is 12.0. The van der Waals surface area contributed by atoms with Crippen molar-refractivity contribution in [1.29, 1.82) is 0 Å². The zero-order chi connectivity index (χ0) is 14.8. The largest absolute Gasteiger partial charge is 0.328 e. The molecule has 1 heterocycles. The number of fused-ring (bicyclic) bond motifs is 1. The van der Waals surface area contributed by atoms with E-state index in [-0.39, 0.29) is 23.8 Å². The van der Waals surface area contributed by atoms with Crippen LogP contribution in [0.3, 0.4) is 0 Å². The third-order valence-electron chi connectivity index (χ3n) is 4.34. The first-order valence-electron chi connectivity index (χ1n) is 7.61. The van der Waals surface area contributed by atoms with Crippen molar-refractivity contribution in [3.63, 3.8) is 0 Å². The minimum atomic E-state index is 0.0264. The molecule has 0 radical (unpaired) electrons. The molecule has 2 amide bonds. The Morgan fingerprint density at radius 1 is 1.29 bits per heavy atom. The Labute approximate surface area is 124 Å². The summed E-state index contributed by atoms with van der Waals surface area (Å²) < 4.78 is 0. The van der Waals surface area contributed by atoms with Crippen LogP contribution in [0.5, 0.6) is 0 Å². The fourth-order valence-corrected chi connectivity index (χ4v) is 3.15. The number of nitrogens with two attached hydrogens (primary N) is 1. The van der Waals surface area contributed by atoms with Gasteiger partial charge in [0, 0.05) is 29.8 Å². The third kappa shape index (κ3) is 3.24. The molecule has 4 N–H and O–H groups in total. The first-order valence-corrected chi connectivity index (χ1v) is 7.61. The topological polar surface area (TPSA) is 84.2 Å². The lowest BCUT2D eigenvalue weighted by molar-refractivity contribution is -0.119. The number of anilines is 2. The van der Waals surface area contributed by atoms with Crippen LogP contribution >= 0.6 is 0 Å². The molecule has 1 aliphatic heterocycles. The molecule has 1 fully saturated rings. The van der Waals surface area contributed by atoms with Gasteiger partial charge >= 0.3 is 0 Å². The molecule has 1 aromatic rings. The molecular formula is C16H21N3O2. The van der Waals surface area contributed by atoms with Crippen molar-refractivity contribution in [1.82, 2.24) is 0 Å². The van der Waals surface area contributed by atoms with E-state index >= 15 is 0 Å². The van der Waals surface area contributed by atoms with Crippen LogP contribution in [-0.2, 0) is 16.0 Å². The Kier molecular flexibility index (Phi) is 3.92. The van der Waals surface area contributed by atoms with Gasteiger partial charge in [-0.15, -0.1) is 0 Å². The van der Waals surface area contributed by atoms with Crippen molar-refractivity contribution in [2.24, 2.45) is 11.7 Å². The molecule has 1 saturated carbocycles. The SMILES string of the molecule is NC1CCC(C(=O)Nc2ccc3c(c2)CCCC(=O)N3)C1. The smallest absolute Gasteiger partial charge is 0.227 e. The van der Waals surface area contributed by atoms with Crippen molar-refractivity contribution in [2.75, 3.05) is 10.6 Å². The number of carbonyl (C=O) groups excluding carboxylic acids is 2. The van der Waals surface area contributed by atoms with Gasteiger partial charge in [-0.3, -0.25) is 9.59 Å². The number of carbonyl (C=O) groups is 2. The molecule has 1 aliphatic carbocycles. The predicted octanol–water partition coefficient (Wildman–Crippen LogP) is 2.03. The monoisotopic (exact) mass is 287 g/mol. The molecule has 1 aromatic carbocycles. The highest BCUT2D eigenvalue weighted by Gasteiger charge is 2.27. The number of benzene rings is 1. The van der Waals surface area contributed by atoms with Gasteiger partial charge in [-0.25, -0.2) is 0 Å². The van der Waals surface area contributed by atoms with E-state index in [0.29, 0.717) is 6.42 Å². The summed E-state index contributed by atoms with van der Waals surface area (Å²) in [5, 5.41) is 5.87. The minimum absolute atomic E-state index is 0.0264. The first kappa shape index (κ1) is 14.1. The van der Waals surface area contributed by atoms with Crippen molar-refractivity contribution in [2.45, 2.75) is 44.6 Å². The van der Waals surface area contributed by atoms with E-state index in [2.05, 4.69) is 10.6 Å². The van der Waals surface area contributed by atoms with Crippen LogP contribution in [0.2, 0.25) is 0 Å². The summed E-state index contributed by atoms with van der Waals surface area (Å²) in [5.41, 5.74) is 8.60. The number of hydrogen-bond donors (Lipinski definition) is 3. The number of rotatable bonds is 2. The Bertz CT molecular complexity index is 571. The Hall–Kier alpha value is -1.88. The van der Waals surface area contributed by atoms with Crippen LogP contribution in [0.25, 0.3) is 0 Å². The minimum Gasteiger partial charge on any atom is -0.328 e. The van der Waals surface area contributed by atoms with Crippen LogP contribution in [0, 0.1) is 5.92 Å². The van der Waals surface area contributed by atoms with E-state index in [0.717, 1.165) is 49.0 Å². The third-order valence-corrected chi connectivity index (χ3v) is 4.34. The van der Waals surface area contributed by atoms with Crippen molar-refractivity contribution in [3.05, 3.63) is 23.8 Å². The Morgan fingerprint density at radius 3 is 2.90 bits per heavy atom. The maximum absolute atomic E-state index is 12.2. The summed E-state index contributed by atoms with van der Waals surface area (Å²) in [6.45, 7) is 0. The maximum Gasteiger partial charge on any atom is 0.227 e. The molecule has 2 aliphatic rings. The van der Waals surface area contributed by atoms with E-state index in [4.69, 9.17) is 5.73 Å². The van der Waals surface area contributed by atoms with Gasteiger partial charge in [0.15, 0.2) is 0 Å². The molecule has 2 atom stereocenters. The predicted molar refractivity (Wildman–Crippen MR) is 82.0 cm³/mol. The van der Waals surface area contributed by atoms with Gasteiger partial charge < -0.3 is 16.4 Å². The van der Waals surface area contributed by atoms with E-state index in [9.17, 15) is 9.59 Å². The van der Waals surface area contributed by atoms with Crippen molar-refractivity contribution < 1.29 is 9.59 Å². The number of nitrogens with one attached hydrogen (secondary N) is 2. The number of hydrogen-bond acceptors (Lipinski definition) is 3. The first-order chi connectivity index (χ1) is 10.1. The van der Waals surface area contributed by atoms with Crippen LogP contribution in [0.15, 0.2) is 18.2 Å². The Morgan fingerprint density at radius 2 is 2.14 bits per heavy atom. The van der Waals surface area contributed by atoms with Crippen molar-refractivity contribution >= 4 is 23.2 Å². The van der Waals surface area contributed by atoms with Gasteiger partial charge in [0.2, 0.25) is 11.8 Å². The molecule has 0 saturated heterocycles. The fourth-order valence-electron chi connectivity index (χ4n) is 3.15. The van der Waals surface area contributed by atoms with Gasteiger partial charge in [-0.2, -0.15) is 0 Å². The van der Waals surface area contributed by atoms with Crippen molar-refractivity contribution in [3.8, 4) is 0 Å². The van der Waals surface area contributed by atoms with Gasteiger partial charge in [-0.05, 0) is 55.9 Å². The van der Waals surface area contributed by atoms with Crippen LogP contribution in [0.4, 0.5) is 11.4 Å². The van der Waals surface area contributed by atoms with E-state index in [1.165, 1.54) is 0 Å². The average molecular weight is 287 g/mol. The van der Waals surface area contributed by atoms with E-state index in [1.54, 1.807) is 0 Å². The second kappa shape index (κ2) is 5.85. The summed E-state index contributed by atoms with van der Waals surface area (Å²) in [4.78, 5) is 23.7. The average Bonchev–Trinajstić information content (AvgIpc) is 2.79. The highest BCUT2D eigenvalue weighted by molar-refractivity contribution is 5.95. The molecule has 5 heteroatoms.